The third kappa shape index (κ3) is 5.41. The predicted molar refractivity (Wildman–Crippen MR) is 98.3 cm³/mol. The molecule has 0 aliphatic carbocycles. The van der Waals surface area contributed by atoms with Gasteiger partial charge in [0.2, 0.25) is 0 Å². The molecule has 2 rings (SSSR count). The highest BCUT2D eigenvalue weighted by atomic mass is 16.5. The first-order chi connectivity index (χ1) is 11.6. The fourth-order valence-corrected chi connectivity index (χ4v) is 2.49. The average Bonchev–Trinajstić information content (AvgIpc) is 2.60. The van der Waals surface area contributed by atoms with Crippen LogP contribution in [0.15, 0.2) is 54.6 Å². The van der Waals surface area contributed by atoms with Gasteiger partial charge in [0, 0.05) is 5.56 Å². The Hall–Kier alpha value is -2.29. The van der Waals surface area contributed by atoms with Crippen molar-refractivity contribution in [2.24, 2.45) is 5.92 Å². The summed E-state index contributed by atoms with van der Waals surface area (Å²) in [7, 11) is 0. The topological polar surface area (TPSA) is 38.3 Å². The first-order valence-electron chi connectivity index (χ1n) is 8.68. The number of hydrogen-bond acceptors (Lipinski definition) is 2. The number of benzene rings is 2. The van der Waals surface area contributed by atoms with Crippen LogP contribution >= 0.6 is 0 Å². The van der Waals surface area contributed by atoms with Crippen molar-refractivity contribution in [3.8, 4) is 5.75 Å². The van der Waals surface area contributed by atoms with Gasteiger partial charge in [-0.3, -0.25) is 4.79 Å². The number of hydrogen-bond donors (Lipinski definition) is 1. The Morgan fingerprint density at radius 2 is 1.83 bits per heavy atom. The van der Waals surface area contributed by atoms with Crippen LogP contribution in [0.4, 0.5) is 0 Å². The molecule has 3 nitrogen and oxygen atoms in total. The first-order valence-corrected chi connectivity index (χ1v) is 8.68. The largest absolute Gasteiger partial charge is 0.494 e. The molecule has 0 aliphatic rings. The third-order valence-electron chi connectivity index (χ3n) is 3.98. The lowest BCUT2D eigenvalue weighted by molar-refractivity contribution is 0.0935. The molecule has 0 bridgehead atoms. The molecule has 2 aromatic rings. The maximum absolute atomic E-state index is 12.6. The number of nitrogens with one attached hydrogen (secondary N) is 1. The van der Waals surface area contributed by atoms with Crippen LogP contribution in [0.2, 0.25) is 0 Å². The summed E-state index contributed by atoms with van der Waals surface area (Å²) in [4.78, 5) is 12.6. The zero-order valence-corrected chi connectivity index (χ0v) is 14.8. The first kappa shape index (κ1) is 18.1. The lowest BCUT2D eigenvalue weighted by atomic mass is 10.0. The molecule has 1 N–H and O–H groups in total. The number of amides is 1. The van der Waals surface area contributed by atoms with Crippen molar-refractivity contribution in [3.63, 3.8) is 0 Å². The van der Waals surface area contributed by atoms with Crippen LogP contribution < -0.4 is 10.1 Å². The smallest absolute Gasteiger partial charge is 0.251 e. The molecular weight excluding hydrogens is 298 g/mol. The summed E-state index contributed by atoms with van der Waals surface area (Å²) in [5.74, 6) is 1.28. The molecule has 0 aliphatic heterocycles. The molecule has 2 aromatic carbocycles. The maximum Gasteiger partial charge on any atom is 0.251 e. The van der Waals surface area contributed by atoms with E-state index in [9.17, 15) is 4.79 Å². The van der Waals surface area contributed by atoms with Crippen molar-refractivity contribution in [2.45, 2.75) is 39.7 Å². The van der Waals surface area contributed by atoms with Gasteiger partial charge in [0.15, 0.2) is 0 Å². The lowest BCUT2D eigenvalue weighted by Crippen LogP contribution is -2.28. The molecule has 3 heteroatoms. The molecule has 0 fully saturated rings. The van der Waals surface area contributed by atoms with Crippen molar-refractivity contribution in [2.75, 3.05) is 6.61 Å². The van der Waals surface area contributed by atoms with Crippen molar-refractivity contribution in [1.82, 2.24) is 5.32 Å². The van der Waals surface area contributed by atoms with E-state index in [1.54, 1.807) is 0 Å². The van der Waals surface area contributed by atoms with Gasteiger partial charge in [0.1, 0.15) is 5.75 Å². The fourth-order valence-electron chi connectivity index (χ4n) is 2.49. The summed E-state index contributed by atoms with van der Waals surface area (Å²) in [6.45, 7) is 7.08. The number of carbonyl (C=O) groups excluding carboxylic acids is 1. The normalized spacial score (nSPS) is 12.0. The molecule has 0 saturated heterocycles. The van der Waals surface area contributed by atoms with Gasteiger partial charge in [-0.25, -0.2) is 0 Å². The zero-order chi connectivity index (χ0) is 17.4. The quantitative estimate of drug-likeness (QED) is 0.742. The Balaban J connectivity index is 2.01. The van der Waals surface area contributed by atoms with E-state index in [2.05, 4.69) is 26.1 Å². The summed E-state index contributed by atoms with van der Waals surface area (Å²) in [5, 5.41) is 3.11. The standard InChI is InChI=1S/C21H27NO2/c1-4-20(17-9-6-5-7-10-17)22-21(23)18-11-8-12-19(15-18)24-14-13-16(2)3/h5-12,15-16,20H,4,13-14H2,1-3H3,(H,22,23). The molecule has 1 amide bonds. The number of ether oxygens (including phenoxy) is 1. The Bertz CT molecular complexity index is 637. The van der Waals surface area contributed by atoms with E-state index < -0.39 is 0 Å². The van der Waals surface area contributed by atoms with Gasteiger partial charge in [0.25, 0.3) is 5.91 Å². The van der Waals surface area contributed by atoms with Crippen LogP contribution in [0.5, 0.6) is 5.75 Å². The summed E-state index contributed by atoms with van der Waals surface area (Å²) in [5.41, 5.74) is 1.75. The van der Waals surface area contributed by atoms with Gasteiger partial charge >= 0.3 is 0 Å². The average molecular weight is 325 g/mol. The van der Waals surface area contributed by atoms with E-state index in [0.29, 0.717) is 18.1 Å². The summed E-state index contributed by atoms with van der Waals surface area (Å²) < 4.78 is 5.74. The van der Waals surface area contributed by atoms with Crippen LogP contribution in [-0.4, -0.2) is 12.5 Å². The highest BCUT2D eigenvalue weighted by molar-refractivity contribution is 5.94. The number of carbonyl (C=O) groups is 1. The second kappa shape index (κ2) is 9.11. The molecule has 128 valence electrons. The van der Waals surface area contributed by atoms with Gasteiger partial charge in [0.05, 0.1) is 12.6 Å². The van der Waals surface area contributed by atoms with E-state index in [-0.39, 0.29) is 11.9 Å². The highest BCUT2D eigenvalue weighted by Gasteiger charge is 2.14. The minimum Gasteiger partial charge on any atom is -0.494 e. The van der Waals surface area contributed by atoms with Crippen LogP contribution in [-0.2, 0) is 0 Å². The van der Waals surface area contributed by atoms with E-state index in [4.69, 9.17) is 4.74 Å². The Morgan fingerprint density at radius 1 is 1.08 bits per heavy atom. The zero-order valence-electron chi connectivity index (χ0n) is 14.8. The van der Waals surface area contributed by atoms with Crippen LogP contribution in [0.3, 0.4) is 0 Å². The lowest BCUT2D eigenvalue weighted by Gasteiger charge is -2.18. The summed E-state index contributed by atoms with van der Waals surface area (Å²) >= 11 is 0. The van der Waals surface area contributed by atoms with Crippen molar-refractivity contribution in [1.29, 1.82) is 0 Å². The van der Waals surface area contributed by atoms with E-state index in [0.717, 1.165) is 24.2 Å². The fraction of sp³-hybridized carbons (Fsp3) is 0.381. The minimum atomic E-state index is -0.0694. The second-order valence-corrected chi connectivity index (χ2v) is 6.40. The summed E-state index contributed by atoms with van der Waals surface area (Å²) in [6, 6.07) is 17.5. The molecular formula is C21H27NO2. The molecule has 1 atom stereocenters. The van der Waals surface area contributed by atoms with Crippen LogP contribution in [0, 0.1) is 5.92 Å². The molecule has 1 unspecified atom stereocenters. The SMILES string of the molecule is CCC(NC(=O)c1cccc(OCCC(C)C)c1)c1ccccc1. The molecule has 0 radical (unpaired) electrons. The molecule has 0 spiro atoms. The van der Waals surface area contributed by atoms with Gasteiger partial charge in [-0.1, -0.05) is 57.2 Å². The van der Waals surface area contributed by atoms with E-state index >= 15 is 0 Å². The van der Waals surface area contributed by atoms with Crippen LogP contribution in [0.25, 0.3) is 0 Å². The molecule has 0 aromatic heterocycles. The van der Waals surface area contributed by atoms with Crippen LogP contribution in [0.1, 0.15) is 55.6 Å². The number of rotatable bonds is 8. The predicted octanol–water partition coefficient (Wildman–Crippen LogP) is 4.99. The Morgan fingerprint density at radius 3 is 2.50 bits per heavy atom. The Labute approximate surface area is 145 Å². The molecule has 0 heterocycles. The van der Waals surface area contributed by atoms with Gasteiger partial charge < -0.3 is 10.1 Å². The highest BCUT2D eigenvalue weighted by Crippen LogP contribution is 2.19. The molecule has 0 saturated carbocycles. The third-order valence-corrected chi connectivity index (χ3v) is 3.98. The monoisotopic (exact) mass is 325 g/mol. The van der Waals surface area contributed by atoms with E-state index in [1.165, 1.54) is 0 Å². The molecule has 24 heavy (non-hydrogen) atoms. The van der Waals surface area contributed by atoms with Gasteiger partial charge in [-0.05, 0) is 42.5 Å². The second-order valence-electron chi connectivity index (χ2n) is 6.40. The van der Waals surface area contributed by atoms with Crippen molar-refractivity contribution >= 4 is 5.91 Å². The minimum absolute atomic E-state index is 0.0178. The Kier molecular flexibility index (Phi) is 6.86. The summed E-state index contributed by atoms with van der Waals surface area (Å²) in [6.07, 6.45) is 1.85. The van der Waals surface area contributed by atoms with Gasteiger partial charge in [-0.2, -0.15) is 0 Å². The van der Waals surface area contributed by atoms with Crippen molar-refractivity contribution in [3.05, 3.63) is 65.7 Å². The maximum atomic E-state index is 12.6. The van der Waals surface area contributed by atoms with E-state index in [1.807, 2.05) is 54.6 Å². The van der Waals surface area contributed by atoms with Gasteiger partial charge in [-0.15, -0.1) is 0 Å². The van der Waals surface area contributed by atoms with Crippen molar-refractivity contribution < 1.29 is 9.53 Å².